The van der Waals surface area contributed by atoms with Crippen LogP contribution in [0.2, 0.25) is 0 Å². The number of Topliss-reactive ketones (excluding diaryl/α,β-unsaturated/α-hetero) is 1. The largest absolute Gasteiger partial charge is 0.459 e. The molecule has 3 rings (SSSR count). The lowest BCUT2D eigenvalue weighted by Crippen LogP contribution is -2.56. The van der Waals surface area contributed by atoms with E-state index in [0.29, 0.717) is 6.42 Å². The fourth-order valence-corrected chi connectivity index (χ4v) is 3.23. The van der Waals surface area contributed by atoms with Gasteiger partial charge in [-0.25, -0.2) is 4.79 Å². The van der Waals surface area contributed by atoms with Crippen molar-refractivity contribution < 1.29 is 24.5 Å². The van der Waals surface area contributed by atoms with Crippen molar-refractivity contribution in [2.24, 2.45) is 0 Å². The van der Waals surface area contributed by atoms with E-state index in [4.69, 9.17) is 4.74 Å². The van der Waals surface area contributed by atoms with Gasteiger partial charge in [-0.3, -0.25) is 4.79 Å². The molecule has 0 bridgehead atoms. The summed E-state index contributed by atoms with van der Waals surface area (Å²) in [5, 5.41) is 24.7. The third kappa shape index (κ3) is 1.82. The number of allylic oxidation sites excluding steroid dienone is 1. The molecule has 3 atom stereocenters. The van der Waals surface area contributed by atoms with Crippen LogP contribution in [0.4, 0.5) is 0 Å². The number of hydrogen-bond donors (Lipinski definition) is 3. The van der Waals surface area contributed by atoms with E-state index < -0.39 is 23.1 Å². The zero-order valence-electron chi connectivity index (χ0n) is 13.2. The van der Waals surface area contributed by atoms with Crippen molar-refractivity contribution in [2.75, 3.05) is 0 Å². The lowest BCUT2D eigenvalue weighted by Gasteiger charge is -2.32. The van der Waals surface area contributed by atoms with Crippen LogP contribution in [0.3, 0.4) is 0 Å². The lowest BCUT2D eigenvalue weighted by atomic mass is 9.85. The van der Waals surface area contributed by atoms with Gasteiger partial charge in [0.25, 0.3) is 0 Å². The second-order valence-corrected chi connectivity index (χ2v) is 6.04. The molecule has 1 aliphatic heterocycles. The molecule has 0 saturated carbocycles. The molecule has 0 saturated heterocycles. The smallest absolute Gasteiger partial charge is 0.339 e. The fourth-order valence-electron chi connectivity index (χ4n) is 3.23. The minimum atomic E-state index is -2.38. The third-order valence-electron chi connectivity index (χ3n) is 4.61. The normalized spacial score (nSPS) is 29.9. The summed E-state index contributed by atoms with van der Waals surface area (Å²) in [6.07, 6.45) is 0.238. The Morgan fingerprint density at radius 2 is 2.00 bits per heavy atom. The Kier molecular flexibility index (Phi) is 3.35. The lowest BCUT2D eigenvalue weighted by molar-refractivity contribution is -0.151. The zero-order chi connectivity index (χ0) is 17.0. The molecule has 3 N–H and O–H groups in total. The summed E-state index contributed by atoms with van der Waals surface area (Å²) >= 11 is 0. The highest BCUT2D eigenvalue weighted by molar-refractivity contribution is 6.16. The van der Waals surface area contributed by atoms with Crippen molar-refractivity contribution in [3.8, 4) is 0 Å². The molecule has 23 heavy (non-hydrogen) atoms. The van der Waals surface area contributed by atoms with Gasteiger partial charge in [0.1, 0.15) is 5.57 Å². The summed E-state index contributed by atoms with van der Waals surface area (Å²) in [7, 11) is 0. The van der Waals surface area contributed by atoms with Crippen LogP contribution >= 0.6 is 0 Å². The van der Waals surface area contributed by atoms with Crippen molar-refractivity contribution in [1.82, 2.24) is 5.32 Å². The highest BCUT2D eigenvalue weighted by Crippen LogP contribution is 2.51. The highest BCUT2D eigenvalue weighted by Gasteiger charge is 2.70. The van der Waals surface area contributed by atoms with E-state index >= 15 is 0 Å². The first-order valence-electron chi connectivity index (χ1n) is 7.57. The van der Waals surface area contributed by atoms with Gasteiger partial charge < -0.3 is 20.3 Å². The van der Waals surface area contributed by atoms with E-state index in [1.54, 1.807) is 25.1 Å². The molecule has 0 aromatic heterocycles. The number of hydrogen-bond acceptors (Lipinski definition) is 6. The monoisotopic (exact) mass is 317 g/mol. The molecule has 1 aliphatic carbocycles. The molecule has 1 aromatic carbocycles. The van der Waals surface area contributed by atoms with Crippen LogP contribution in [0, 0.1) is 0 Å². The maximum Gasteiger partial charge on any atom is 0.339 e. The number of fused-ring (bicyclic) bond motifs is 3. The van der Waals surface area contributed by atoms with Gasteiger partial charge in [0.05, 0.1) is 6.10 Å². The molecule has 0 unspecified atom stereocenters. The molecule has 0 spiro atoms. The van der Waals surface area contributed by atoms with Crippen LogP contribution in [0.5, 0.6) is 0 Å². The molecule has 0 radical (unpaired) electrons. The first kappa shape index (κ1) is 15.7. The van der Waals surface area contributed by atoms with Crippen molar-refractivity contribution in [3.63, 3.8) is 0 Å². The maximum atomic E-state index is 12.7. The number of ketones is 1. The first-order valence-corrected chi connectivity index (χ1v) is 7.57. The summed E-state index contributed by atoms with van der Waals surface area (Å²) < 4.78 is 5.26. The van der Waals surface area contributed by atoms with Crippen molar-refractivity contribution in [2.45, 2.75) is 44.6 Å². The Bertz CT molecular complexity index is 740. The quantitative estimate of drug-likeness (QED) is 0.719. The van der Waals surface area contributed by atoms with E-state index in [9.17, 15) is 19.8 Å². The van der Waals surface area contributed by atoms with E-state index in [1.807, 2.05) is 6.92 Å². The Labute approximate surface area is 133 Å². The predicted octanol–water partition coefficient (Wildman–Crippen LogP) is 0.978. The van der Waals surface area contributed by atoms with Gasteiger partial charge >= 0.3 is 5.97 Å². The molecule has 6 nitrogen and oxygen atoms in total. The number of benzene rings is 1. The number of carbonyl (C=O) groups excluding carboxylic acids is 2. The average molecular weight is 317 g/mol. The molecule has 1 aromatic rings. The summed E-state index contributed by atoms with van der Waals surface area (Å²) in [5.74, 6) is -1.51. The number of aliphatic hydroxyl groups is 2. The van der Waals surface area contributed by atoms with Crippen molar-refractivity contribution in [1.29, 1.82) is 0 Å². The van der Waals surface area contributed by atoms with Crippen LogP contribution in [0.15, 0.2) is 35.5 Å². The van der Waals surface area contributed by atoms with Crippen LogP contribution < -0.4 is 5.32 Å². The molecule has 1 heterocycles. The van der Waals surface area contributed by atoms with Crippen LogP contribution in [0.25, 0.3) is 0 Å². The highest BCUT2D eigenvalue weighted by atomic mass is 16.5. The molecule has 122 valence electrons. The van der Waals surface area contributed by atoms with Crippen LogP contribution in [-0.4, -0.2) is 33.7 Å². The van der Waals surface area contributed by atoms with Crippen molar-refractivity contribution in [3.05, 3.63) is 46.7 Å². The van der Waals surface area contributed by atoms with E-state index in [2.05, 4.69) is 5.32 Å². The number of rotatable bonds is 3. The predicted molar refractivity (Wildman–Crippen MR) is 81.3 cm³/mol. The van der Waals surface area contributed by atoms with E-state index in [1.165, 1.54) is 13.0 Å². The maximum absolute atomic E-state index is 12.7. The topological polar surface area (TPSA) is 95.9 Å². The average Bonchev–Trinajstić information content (AvgIpc) is 2.82. The Hall–Kier alpha value is -2.18. The standard InChI is InChI=1S/C17H19NO5/c1-4-9(2)23-15(20)13-10(3)18-17(22)12-8-6-5-7-11(12)14(19)16(13,17)21/h5-9,18,21-22H,4H2,1-3H3/t9-,16-,17+/m0/s1. The van der Waals surface area contributed by atoms with Gasteiger partial charge in [0.2, 0.25) is 17.1 Å². The zero-order valence-corrected chi connectivity index (χ0v) is 13.2. The number of nitrogens with one attached hydrogen (secondary N) is 1. The van der Waals surface area contributed by atoms with Gasteiger partial charge in [-0.05, 0) is 20.3 Å². The number of carbonyl (C=O) groups is 2. The van der Waals surface area contributed by atoms with Gasteiger partial charge in [-0.15, -0.1) is 0 Å². The summed E-state index contributed by atoms with van der Waals surface area (Å²) in [6.45, 7) is 5.10. The number of esters is 1. The van der Waals surface area contributed by atoms with Crippen LogP contribution in [0.1, 0.15) is 43.1 Å². The summed E-state index contributed by atoms with van der Waals surface area (Å²) in [4.78, 5) is 25.2. The molecule has 0 amide bonds. The van der Waals surface area contributed by atoms with Gasteiger partial charge in [0, 0.05) is 16.8 Å². The van der Waals surface area contributed by atoms with Gasteiger partial charge in [-0.2, -0.15) is 0 Å². The third-order valence-corrected chi connectivity index (χ3v) is 4.61. The molecule has 6 heteroatoms. The van der Waals surface area contributed by atoms with Gasteiger partial charge in [0.15, 0.2) is 0 Å². The summed E-state index contributed by atoms with van der Waals surface area (Å²) in [6, 6.07) is 6.36. The molecular formula is C17H19NO5. The molecule has 0 fully saturated rings. The van der Waals surface area contributed by atoms with Crippen LogP contribution in [-0.2, 0) is 15.3 Å². The second-order valence-electron chi connectivity index (χ2n) is 6.04. The first-order chi connectivity index (χ1) is 10.8. The Morgan fingerprint density at radius 1 is 1.35 bits per heavy atom. The summed E-state index contributed by atoms with van der Waals surface area (Å²) in [5.41, 5.74) is -4.02. The minimum Gasteiger partial charge on any atom is -0.459 e. The Morgan fingerprint density at radius 3 is 2.65 bits per heavy atom. The fraction of sp³-hybridized carbons (Fsp3) is 0.412. The molecule has 2 aliphatic rings. The second kappa shape index (κ2) is 4.91. The minimum absolute atomic E-state index is 0.186. The van der Waals surface area contributed by atoms with E-state index in [-0.39, 0.29) is 28.5 Å². The van der Waals surface area contributed by atoms with Crippen molar-refractivity contribution >= 4 is 11.8 Å². The SMILES string of the molecule is CC[C@H](C)OC(=O)C1=C(C)N[C@@]2(O)c3ccccc3C(=O)[C@@]12O. The Balaban J connectivity index is 2.11. The molecular weight excluding hydrogens is 298 g/mol. The van der Waals surface area contributed by atoms with E-state index in [0.717, 1.165) is 0 Å². The number of ether oxygens (including phenoxy) is 1. The van der Waals surface area contributed by atoms with Gasteiger partial charge in [-0.1, -0.05) is 31.2 Å².